The largest absolute Gasteiger partial charge is 0.464 e. The van der Waals surface area contributed by atoms with Crippen molar-refractivity contribution in [3.8, 4) is 0 Å². The summed E-state index contributed by atoms with van der Waals surface area (Å²) in [6.45, 7) is 0.449. The standard InChI is InChI=1S/C11H10BrNO2/c12-8-1-2-10-9(5-8)11(14)7(3-4-13)6-15-10/h1-2,5-6H,3-4,13H2. The summed E-state index contributed by atoms with van der Waals surface area (Å²) in [6, 6.07) is 5.38. The topological polar surface area (TPSA) is 56.2 Å². The Labute approximate surface area is 95.0 Å². The van der Waals surface area contributed by atoms with Gasteiger partial charge in [-0.05, 0) is 31.2 Å². The van der Waals surface area contributed by atoms with Crippen LogP contribution in [0.3, 0.4) is 0 Å². The van der Waals surface area contributed by atoms with Crippen molar-refractivity contribution in [1.82, 2.24) is 0 Å². The quantitative estimate of drug-likeness (QED) is 0.906. The molecule has 1 aromatic carbocycles. The van der Waals surface area contributed by atoms with E-state index in [9.17, 15) is 4.79 Å². The van der Waals surface area contributed by atoms with Gasteiger partial charge in [-0.3, -0.25) is 4.79 Å². The molecule has 0 amide bonds. The lowest BCUT2D eigenvalue weighted by Gasteiger charge is -2.00. The lowest BCUT2D eigenvalue weighted by Crippen LogP contribution is -2.13. The first kappa shape index (κ1) is 10.4. The van der Waals surface area contributed by atoms with Crippen LogP contribution < -0.4 is 11.2 Å². The van der Waals surface area contributed by atoms with Gasteiger partial charge in [0.1, 0.15) is 5.58 Å². The van der Waals surface area contributed by atoms with E-state index in [1.54, 1.807) is 12.1 Å². The first-order valence-corrected chi connectivity index (χ1v) is 5.41. The van der Waals surface area contributed by atoms with E-state index in [1.807, 2.05) is 6.07 Å². The summed E-state index contributed by atoms with van der Waals surface area (Å²) in [4.78, 5) is 11.9. The van der Waals surface area contributed by atoms with Gasteiger partial charge in [0.05, 0.1) is 11.6 Å². The number of hydrogen-bond donors (Lipinski definition) is 1. The van der Waals surface area contributed by atoms with Gasteiger partial charge in [0.15, 0.2) is 5.43 Å². The van der Waals surface area contributed by atoms with Gasteiger partial charge in [0.25, 0.3) is 0 Å². The van der Waals surface area contributed by atoms with Gasteiger partial charge in [-0.2, -0.15) is 0 Å². The molecule has 15 heavy (non-hydrogen) atoms. The van der Waals surface area contributed by atoms with Crippen LogP contribution >= 0.6 is 15.9 Å². The fraction of sp³-hybridized carbons (Fsp3) is 0.182. The molecule has 78 valence electrons. The summed E-state index contributed by atoms with van der Waals surface area (Å²) < 4.78 is 6.22. The van der Waals surface area contributed by atoms with Crippen molar-refractivity contribution in [2.75, 3.05) is 6.54 Å². The van der Waals surface area contributed by atoms with Crippen molar-refractivity contribution in [2.24, 2.45) is 5.73 Å². The fourth-order valence-electron chi connectivity index (χ4n) is 1.47. The van der Waals surface area contributed by atoms with Crippen LogP contribution in [-0.4, -0.2) is 6.54 Å². The molecule has 0 atom stereocenters. The van der Waals surface area contributed by atoms with Crippen molar-refractivity contribution >= 4 is 26.9 Å². The maximum absolute atomic E-state index is 11.9. The molecule has 0 spiro atoms. The smallest absolute Gasteiger partial charge is 0.195 e. The second-order valence-electron chi connectivity index (χ2n) is 3.27. The fourth-order valence-corrected chi connectivity index (χ4v) is 1.83. The molecule has 0 fully saturated rings. The molecule has 0 radical (unpaired) electrons. The molecule has 2 aromatic rings. The lowest BCUT2D eigenvalue weighted by molar-refractivity contribution is 0.592. The Morgan fingerprint density at radius 2 is 2.20 bits per heavy atom. The molecule has 0 aliphatic rings. The zero-order valence-corrected chi connectivity index (χ0v) is 9.58. The molecule has 0 unspecified atom stereocenters. The van der Waals surface area contributed by atoms with E-state index in [-0.39, 0.29) is 5.43 Å². The van der Waals surface area contributed by atoms with Gasteiger partial charge in [-0.15, -0.1) is 0 Å². The van der Waals surface area contributed by atoms with Gasteiger partial charge < -0.3 is 10.2 Å². The molecule has 1 heterocycles. The third kappa shape index (κ3) is 1.96. The lowest BCUT2D eigenvalue weighted by atomic mass is 10.1. The summed E-state index contributed by atoms with van der Waals surface area (Å²) >= 11 is 3.32. The number of nitrogens with two attached hydrogens (primary N) is 1. The number of halogens is 1. The minimum atomic E-state index is 0.00278. The highest BCUT2D eigenvalue weighted by Crippen LogP contribution is 2.17. The van der Waals surface area contributed by atoms with Crippen LogP contribution in [0.4, 0.5) is 0 Å². The zero-order valence-electron chi connectivity index (χ0n) is 8.00. The SMILES string of the molecule is NCCc1coc2ccc(Br)cc2c1=O. The molecule has 0 saturated heterocycles. The van der Waals surface area contributed by atoms with Crippen molar-refractivity contribution < 1.29 is 4.42 Å². The molecule has 0 aliphatic heterocycles. The van der Waals surface area contributed by atoms with Gasteiger partial charge in [0.2, 0.25) is 0 Å². The second-order valence-corrected chi connectivity index (χ2v) is 4.18. The maximum atomic E-state index is 11.9. The van der Waals surface area contributed by atoms with E-state index >= 15 is 0 Å². The monoisotopic (exact) mass is 267 g/mol. The Morgan fingerprint density at radius 3 is 2.93 bits per heavy atom. The van der Waals surface area contributed by atoms with E-state index in [2.05, 4.69) is 15.9 Å². The van der Waals surface area contributed by atoms with E-state index in [0.29, 0.717) is 29.5 Å². The van der Waals surface area contributed by atoms with Gasteiger partial charge in [-0.25, -0.2) is 0 Å². The first-order chi connectivity index (χ1) is 7.22. The maximum Gasteiger partial charge on any atom is 0.195 e. The van der Waals surface area contributed by atoms with Crippen molar-refractivity contribution in [1.29, 1.82) is 0 Å². The Morgan fingerprint density at radius 1 is 1.40 bits per heavy atom. The average Bonchev–Trinajstić information content (AvgIpc) is 2.23. The molecule has 0 aliphatic carbocycles. The van der Waals surface area contributed by atoms with Crippen LogP contribution in [0.2, 0.25) is 0 Å². The highest BCUT2D eigenvalue weighted by Gasteiger charge is 2.06. The van der Waals surface area contributed by atoms with Crippen molar-refractivity contribution in [3.63, 3.8) is 0 Å². The predicted molar refractivity (Wildman–Crippen MR) is 62.9 cm³/mol. The molecule has 3 nitrogen and oxygen atoms in total. The summed E-state index contributed by atoms with van der Waals surface area (Å²) in [5, 5.41) is 0.593. The van der Waals surface area contributed by atoms with Gasteiger partial charge >= 0.3 is 0 Å². The van der Waals surface area contributed by atoms with Gasteiger partial charge in [-0.1, -0.05) is 15.9 Å². The van der Waals surface area contributed by atoms with E-state index in [0.717, 1.165) is 4.47 Å². The molecule has 0 saturated carbocycles. The highest BCUT2D eigenvalue weighted by atomic mass is 79.9. The van der Waals surface area contributed by atoms with E-state index < -0.39 is 0 Å². The Bertz CT molecular complexity index is 548. The van der Waals surface area contributed by atoms with E-state index in [4.69, 9.17) is 10.2 Å². The minimum absolute atomic E-state index is 0.00278. The molecule has 2 rings (SSSR count). The minimum Gasteiger partial charge on any atom is -0.464 e. The third-order valence-corrected chi connectivity index (χ3v) is 2.71. The molecule has 4 heteroatoms. The number of rotatable bonds is 2. The Balaban J connectivity index is 2.71. The highest BCUT2D eigenvalue weighted by molar-refractivity contribution is 9.10. The third-order valence-electron chi connectivity index (χ3n) is 2.22. The molecule has 0 bridgehead atoms. The molecular formula is C11H10BrNO2. The summed E-state index contributed by atoms with van der Waals surface area (Å²) in [7, 11) is 0. The zero-order chi connectivity index (χ0) is 10.8. The van der Waals surface area contributed by atoms with Crippen LogP contribution in [0.1, 0.15) is 5.56 Å². The van der Waals surface area contributed by atoms with Crippen LogP contribution in [0.15, 0.2) is 38.1 Å². The van der Waals surface area contributed by atoms with Gasteiger partial charge in [0, 0.05) is 10.0 Å². The van der Waals surface area contributed by atoms with Crippen molar-refractivity contribution in [3.05, 3.63) is 44.7 Å². The molecular weight excluding hydrogens is 258 g/mol. The average molecular weight is 268 g/mol. The number of hydrogen-bond acceptors (Lipinski definition) is 3. The van der Waals surface area contributed by atoms with Crippen LogP contribution in [0.25, 0.3) is 11.0 Å². The Hall–Kier alpha value is -1.13. The molecule has 1 aromatic heterocycles. The van der Waals surface area contributed by atoms with Crippen LogP contribution in [0.5, 0.6) is 0 Å². The molecule has 2 N–H and O–H groups in total. The summed E-state index contributed by atoms with van der Waals surface area (Å²) in [5.74, 6) is 0. The number of benzene rings is 1. The first-order valence-electron chi connectivity index (χ1n) is 4.62. The van der Waals surface area contributed by atoms with Crippen LogP contribution in [-0.2, 0) is 6.42 Å². The summed E-state index contributed by atoms with van der Waals surface area (Å²) in [6.07, 6.45) is 2.04. The second kappa shape index (κ2) is 4.16. The predicted octanol–water partition coefficient (Wildman–Crippen LogP) is 2.06. The van der Waals surface area contributed by atoms with Crippen LogP contribution in [0, 0.1) is 0 Å². The van der Waals surface area contributed by atoms with Crippen molar-refractivity contribution in [2.45, 2.75) is 6.42 Å². The summed E-state index contributed by atoms with van der Waals surface area (Å²) in [5.41, 5.74) is 6.65. The normalized spacial score (nSPS) is 10.8. The number of fused-ring (bicyclic) bond motifs is 1. The van der Waals surface area contributed by atoms with E-state index in [1.165, 1.54) is 6.26 Å². The Kier molecular flexibility index (Phi) is 2.88.